The zero-order chi connectivity index (χ0) is 21.4. The summed E-state index contributed by atoms with van der Waals surface area (Å²) in [5.41, 5.74) is 6.54. The Balaban J connectivity index is 1.71. The molecule has 0 aliphatic carbocycles. The number of halogens is 4. The molecule has 0 unspecified atom stereocenters. The molecule has 3 N–H and O–H groups in total. The highest BCUT2D eigenvalue weighted by Gasteiger charge is 2.17. The topological polar surface area (TPSA) is 90.9 Å². The Morgan fingerprint density at radius 2 is 1.77 bits per heavy atom. The van der Waals surface area contributed by atoms with Crippen LogP contribution in [0.25, 0.3) is 16.9 Å². The lowest BCUT2D eigenvalue weighted by Gasteiger charge is -2.11. The molecule has 4 aromatic rings. The molecule has 0 saturated heterocycles. The third-order valence-electron chi connectivity index (χ3n) is 4.14. The number of fused-ring (bicyclic) bond motifs is 1. The third-order valence-corrected chi connectivity index (χ3v) is 4.14. The number of rotatable bonds is 5. The van der Waals surface area contributed by atoms with Gasteiger partial charge < -0.3 is 15.8 Å². The number of hydrogen-bond donors (Lipinski definition) is 2. The number of hydrogen-bond acceptors (Lipinski definition) is 6. The van der Waals surface area contributed by atoms with E-state index in [2.05, 4.69) is 25.0 Å². The summed E-state index contributed by atoms with van der Waals surface area (Å²) in [6.07, 6.45) is 0. The molecule has 2 aromatic carbocycles. The first-order chi connectivity index (χ1) is 14.3. The molecule has 2 aromatic heterocycles. The number of nitrogens with two attached hydrogens (primary N) is 1. The van der Waals surface area contributed by atoms with Crippen LogP contribution in [0.4, 0.5) is 35.0 Å². The number of imidazole rings is 1. The van der Waals surface area contributed by atoms with Gasteiger partial charge in [-0.1, -0.05) is 0 Å². The van der Waals surface area contributed by atoms with Crippen LogP contribution in [0.3, 0.4) is 0 Å². The number of alkyl halides is 2. The Hall–Kier alpha value is -3.89. The minimum Gasteiger partial charge on any atom is -0.435 e. The number of aryl methyl sites for hydroxylation is 1. The monoisotopic (exact) mass is 418 g/mol. The van der Waals surface area contributed by atoms with Gasteiger partial charge in [0.25, 0.3) is 0 Å². The first kappa shape index (κ1) is 19.4. The Morgan fingerprint density at radius 1 is 1.03 bits per heavy atom. The number of nitrogens with one attached hydrogen (secondary N) is 1. The lowest BCUT2D eigenvalue weighted by atomic mass is 10.3. The van der Waals surface area contributed by atoms with Gasteiger partial charge in [0, 0.05) is 23.9 Å². The quantitative estimate of drug-likeness (QED) is 0.469. The van der Waals surface area contributed by atoms with E-state index in [1.54, 1.807) is 6.92 Å². The summed E-state index contributed by atoms with van der Waals surface area (Å²) in [6.45, 7) is -1.31. The van der Waals surface area contributed by atoms with E-state index in [4.69, 9.17) is 5.73 Å². The minimum atomic E-state index is -2.92. The second kappa shape index (κ2) is 7.50. The molecule has 0 aliphatic rings. The molecular weight excluding hydrogens is 404 g/mol. The molecule has 30 heavy (non-hydrogen) atoms. The molecule has 0 fully saturated rings. The maximum atomic E-state index is 14.1. The summed E-state index contributed by atoms with van der Waals surface area (Å²) in [6, 6.07) is 9.01. The molecule has 2 heterocycles. The average Bonchev–Trinajstić information content (AvgIpc) is 2.99. The smallest absolute Gasteiger partial charge is 0.387 e. The van der Waals surface area contributed by atoms with Crippen molar-refractivity contribution in [1.82, 2.24) is 19.5 Å². The fourth-order valence-corrected chi connectivity index (χ4v) is 2.98. The largest absolute Gasteiger partial charge is 0.435 e. The Morgan fingerprint density at radius 3 is 2.47 bits per heavy atom. The van der Waals surface area contributed by atoms with Gasteiger partial charge in [0.05, 0.1) is 5.52 Å². The van der Waals surface area contributed by atoms with E-state index in [1.807, 2.05) is 0 Å². The van der Waals surface area contributed by atoms with Gasteiger partial charge in [0.2, 0.25) is 5.95 Å². The first-order valence-corrected chi connectivity index (χ1v) is 8.61. The summed E-state index contributed by atoms with van der Waals surface area (Å²) < 4.78 is 58.1. The fourth-order valence-electron chi connectivity index (χ4n) is 2.98. The van der Waals surface area contributed by atoms with Crippen LogP contribution >= 0.6 is 0 Å². The summed E-state index contributed by atoms with van der Waals surface area (Å²) in [5.74, 6) is -0.760. The van der Waals surface area contributed by atoms with Crippen molar-refractivity contribution in [1.29, 1.82) is 0 Å². The van der Waals surface area contributed by atoms with Gasteiger partial charge in [-0.3, -0.25) is 4.57 Å². The number of anilines is 3. The van der Waals surface area contributed by atoms with Gasteiger partial charge in [-0.05, 0) is 31.2 Å². The summed E-state index contributed by atoms with van der Waals surface area (Å²) >= 11 is 0. The maximum Gasteiger partial charge on any atom is 0.387 e. The lowest BCUT2D eigenvalue weighted by Crippen LogP contribution is -2.07. The number of benzene rings is 2. The van der Waals surface area contributed by atoms with Crippen LogP contribution in [0.15, 0.2) is 42.5 Å². The van der Waals surface area contributed by atoms with Crippen molar-refractivity contribution in [2.75, 3.05) is 11.1 Å². The number of ether oxygens (including phenoxy) is 1. The van der Waals surface area contributed by atoms with Crippen LogP contribution in [-0.2, 0) is 0 Å². The molecule has 0 amide bonds. The Labute approximate surface area is 167 Å². The van der Waals surface area contributed by atoms with Crippen molar-refractivity contribution < 1.29 is 22.3 Å². The Kier molecular flexibility index (Phi) is 4.86. The average molecular weight is 418 g/mol. The van der Waals surface area contributed by atoms with Gasteiger partial charge in [-0.2, -0.15) is 18.7 Å². The van der Waals surface area contributed by atoms with Gasteiger partial charge >= 0.3 is 6.61 Å². The SMILES string of the molecule is Cc1nc2c(F)cc(F)cc2n1-c1cc(N)nc(Nc2ccc(OC(F)F)cc2)n1. The molecule has 154 valence electrons. The van der Waals surface area contributed by atoms with Gasteiger partial charge in [0.15, 0.2) is 5.82 Å². The maximum absolute atomic E-state index is 14.1. The molecular formula is C19H14F4N6O. The van der Waals surface area contributed by atoms with Crippen LogP contribution in [0.2, 0.25) is 0 Å². The molecule has 0 aliphatic heterocycles. The zero-order valence-corrected chi connectivity index (χ0v) is 15.4. The van der Waals surface area contributed by atoms with E-state index < -0.39 is 18.2 Å². The third kappa shape index (κ3) is 3.81. The number of nitrogens with zero attached hydrogens (tertiary/aromatic N) is 4. The number of aromatic nitrogens is 4. The van der Waals surface area contributed by atoms with E-state index in [0.717, 1.165) is 12.1 Å². The zero-order valence-electron chi connectivity index (χ0n) is 15.4. The summed E-state index contributed by atoms with van der Waals surface area (Å²) in [4.78, 5) is 12.5. The second-order valence-corrected chi connectivity index (χ2v) is 6.25. The van der Waals surface area contributed by atoms with Crippen LogP contribution < -0.4 is 15.8 Å². The molecule has 11 heteroatoms. The molecule has 0 saturated carbocycles. The highest BCUT2D eigenvalue weighted by Crippen LogP contribution is 2.26. The molecule has 4 rings (SSSR count). The normalized spacial score (nSPS) is 11.3. The standard InChI is InChI=1S/C19H14F4N6O/c1-9-25-17-13(21)6-10(20)7-14(17)29(9)16-8-15(24)27-19(28-16)26-11-2-4-12(5-3-11)30-18(22)23/h2-8,18H,1H3,(H3,24,26,27,28). The molecule has 0 radical (unpaired) electrons. The van der Waals surface area contributed by atoms with Gasteiger partial charge in [-0.15, -0.1) is 0 Å². The van der Waals surface area contributed by atoms with Crippen molar-refractivity contribution >= 4 is 28.5 Å². The predicted octanol–water partition coefficient (Wildman–Crippen LogP) is 4.33. The van der Waals surface area contributed by atoms with Crippen molar-refractivity contribution in [3.63, 3.8) is 0 Å². The van der Waals surface area contributed by atoms with Gasteiger partial charge in [0.1, 0.15) is 34.5 Å². The van der Waals surface area contributed by atoms with E-state index in [-0.39, 0.29) is 34.4 Å². The number of nitrogen functional groups attached to an aromatic ring is 1. The molecule has 0 spiro atoms. The second-order valence-electron chi connectivity index (χ2n) is 6.25. The van der Waals surface area contributed by atoms with Crippen LogP contribution in [0.1, 0.15) is 5.82 Å². The van der Waals surface area contributed by atoms with Crippen molar-refractivity contribution in [3.8, 4) is 11.6 Å². The summed E-state index contributed by atoms with van der Waals surface area (Å²) in [5, 5.41) is 2.89. The first-order valence-electron chi connectivity index (χ1n) is 8.61. The highest BCUT2D eigenvalue weighted by atomic mass is 19.3. The van der Waals surface area contributed by atoms with Crippen LogP contribution in [0.5, 0.6) is 5.75 Å². The van der Waals surface area contributed by atoms with Crippen LogP contribution in [-0.4, -0.2) is 26.1 Å². The van der Waals surface area contributed by atoms with Crippen molar-refractivity contribution in [3.05, 3.63) is 59.9 Å². The molecule has 7 nitrogen and oxygen atoms in total. The summed E-state index contributed by atoms with van der Waals surface area (Å²) in [7, 11) is 0. The van der Waals surface area contributed by atoms with E-state index in [9.17, 15) is 17.6 Å². The van der Waals surface area contributed by atoms with E-state index in [0.29, 0.717) is 11.5 Å². The van der Waals surface area contributed by atoms with E-state index in [1.165, 1.54) is 34.9 Å². The molecule has 0 bridgehead atoms. The minimum absolute atomic E-state index is 0.00443. The van der Waals surface area contributed by atoms with Gasteiger partial charge in [-0.25, -0.2) is 13.8 Å². The molecule has 0 atom stereocenters. The van der Waals surface area contributed by atoms with E-state index >= 15 is 0 Å². The predicted molar refractivity (Wildman–Crippen MR) is 102 cm³/mol. The highest BCUT2D eigenvalue weighted by molar-refractivity contribution is 5.79. The van der Waals surface area contributed by atoms with Crippen molar-refractivity contribution in [2.45, 2.75) is 13.5 Å². The van der Waals surface area contributed by atoms with Crippen LogP contribution in [0, 0.1) is 18.6 Å². The fraction of sp³-hybridized carbons (Fsp3) is 0.105. The van der Waals surface area contributed by atoms with Crippen molar-refractivity contribution in [2.24, 2.45) is 0 Å². The Bertz CT molecular complexity index is 1230. The lowest BCUT2D eigenvalue weighted by molar-refractivity contribution is -0.0498.